The molecule has 0 radical (unpaired) electrons. The largest absolute Gasteiger partial charge is 0.268 e. The summed E-state index contributed by atoms with van der Waals surface area (Å²) in [5.41, 5.74) is 2.78. The van der Waals surface area contributed by atoms with Crippen molar-refractivity contribution in [3.63, 3.8) is 0 Å². The van der Waals surface area contributed by atoms with Crippen LogP contribution in [0.1, 0.15) is 40.9 Å². The van der Waals surface area contributed by atoms with Crippen LogP contribution in [-0.2, 0) is 9.84 Å². The molecule has 1 aliphatic rings. The molecular weight excluding hydrogens is 396 g/mol. The zero-order chi connectivity index (χ0) is 20.9. The zero-order valence-electron chi connectivity index (χ0n) is 16.6. The van der Waals surface area contributed by atoms with Gasteiger partial charge in [-0.2, -0.15) is 0 Å². The van der Waals surface area contributed by atoms with E-state index in [1.807, 2.05) is 32.0 Å². The molecule has 0 aliphatic carbocycles. The van der Waals surface area contributed by atoms with E-state index in [2.05, 4.69) is 0 Å². The molecule has 0 unspecified atom stereocenters. The number of fused-ring (bicyclic) bond motifs is 1. The first-order valence-corrected chi connectivity index (χ1v) is 11.3. The minimum atomic E-state index is -3.26. The lowest BCUT2D eigenvalue weighted by atomic mass is 10.1. The molecule has 0 saturated heterocycles. The van der Waals surface area contributed by atoms with Crippen molar-refractivity contribution in [1.29, 1.82) is 0 Å². The van der Waals surface area contributed by atoms with E-state index >= 15 is 0 Å². The van der Waals surface area contributed by atoms with Crippen LogP contribution in [0.2, 0.25) is 5.02 Å². The summed E-state index contributed by atoms with van der Waals surface area (Å²) < 4.78 is 23.7. The summed E-state index contributed by atoms with van der Waals surface area (Å²) in [6.45, 7) is 7.39. The van der Waals surface area contributed by atoms with E-state index in [0.29, 0.717) is 27.7 Å². The van der Waals surface area contributed by atoms with Gasteiger partial charge in [-0.25, -0.2) is 8.42 Å². The van der Waals surface area contributed by atoms with Crippen molar-refractivity contribution in [2.45, 2.75) is 33.2 Å². The molecule has 7 heteroatoms. The predicted octanol–water partition coefficient (Wildman–Crippen LogP) is 4.19. The minimum Gasteiger partial charge on any atom is -0.268 e. The molecule has 0 saturated carbocycles. The van der Waals surface area contributed by atoms with Gasteiger partial charge in [-0.3, -0.25) is 14.7 Å². The maximum absolute atomic E-state index is 13.2. The van der Waals surface area contributed by atoms with E-state index < -0.39 is 15.4 Å². The van der Waals surface area contributed by atoms with Gasteiger partial charge in [-0.15, -0.1) is 0 Å². The van der Waals surface area contributed by atoms with Gasteiger partial charge in [0.15, 0.2) is 0 Å². The molecule has 0 spiro atoms. The van der Waals surface area contributed by atoms with Crippen LogP contribution in [0.4, 0.5) is 5.69 Å². The number of nitrogens with zero attached hydrogens (tertiary/aromatic N) is 2. The average Bonchev–Trinajstić information content (AvgIpc) is 2.79. The summed E-state index contributed by atoms with van der Waals surface area (Å²) in [5, 5.41) is 0.409. The zero-order valence-corrected chi connectivity index (χ0v) is 18.1. The molecular formula is C21H23ClN2O3S. The van der Waals surface area contributed by atoms with E-state index in [0.717, 1.165) is 11.1 Å². The third-order valence-corrected chi connectivity index (χ3v) is 6.05. The van der Waals surface area contributed by atoms with E-state index in [-0.39, 0.29) is 11.7 Å². The number of hydrogen-bond acceptors (Lipinski definition) is 4. The monoisotopic (exact) mass is 418 g/mol. The number of aliphatic imine (C=N–C) groups is 1. The number of rotatable bonds is 4. The summed E-state index contributed by atoms with van der Waals surface area (Å²) in [4.78, 5) is 19.5. The number of aryl methyl sites for hydroxylation is 2. The average molecular weight is 419 g/mol. The Balaban J connectivity index is 2.25. The van der Waals surface area contributed by atoms with Crippen molar-refractivity contribution >= 4 is 38.9 Å². The van der Waals surface area contributed by atoms with Gasteiger partial charge in [0.2, 0.25) is 0 Å². The summed E-state index contributed by atoms with van der Waals surface area (Å²) in [5.74, 6) is 0.0163. The molecule has 0 bridgehead atoms. The number of halogens is 1. The molecule has 2 aromatic carbocycles. The molecule has 1 amide bonds. The number of carbonyl (C=O) groups excluding carboxylic acids is 1. The molecule has 2 aromatic rings. The Morgan fingerprint density at radius 2 is 1.82 bits per heavy atom. The van der Waals surface area contributed by atoms with E-state index in [4.69, 9.17) is 16.6 Å². The minimum absolute atomic E-state index is 0.141. The molecule has 0 fully saturated rings. The SMILES string of the molecule is Cc1ccc(N2C(=O)c3cccc(Cl)c3C2=NC(C)(C)CS(C)(=O)=O)c(C)c1. The quantitative estimate of drug-likeness (QED) is 0.747. The summed E-state index contributed by atoms with van der Waals surface area (Å²) in [7, 11) is -3.26. The van der Waals surface area contributed by atoms with Crippen LogP contribution in [0.25, 0.3) is 0 Å². The van der Waals surface area contributed by atoms with Crippen LogP contribution in [0.5, 0.6) is 0 Å². The fraction of sp³-hybridized carbons (Fsp3) is 0.333. The fourth-order valence-corrected chi connectivity index (χ4v) is 5.21. The highest BCUT2D eigenvalue weighted by Gasteiger charge is 2.39. The van der Waals surface area contributed by atoms with Crippen LogP contribution in [0.15, 0.2) is 41.4 Å². The summed E-state index contributed by atoms with van der Waals surface area (Å²) in [6.07, 6.45) is 1.18. The highest BCUT2D eigenvalue weighted by molar-refractivity contribution is 7.90. The maximum atomic E-state index is 13.2. The van der Waals surface area contributed by atoms with Crippen molar-refractivity contribution < 1.29 is 13.2 Å². The molecule has 5 nitrogen and oxygen atoms in total. The standard InChI is InChI=1S/C21H23ClN2O3S/c1-13-9-10-17(14(2)11-13)24-19(23-21(3,4)12-28(5,26)27)18-15(20(24)25)7-6-8-16(18)22/h6-11H,12H2,1-5H3. The number of hydrogen-bond donors (Lipinski definition) is 0. The van der Waals surface area contributed by atoms with Gasteiger partial charge in [0, 0.05) is 11.8 Å². The summed E-state index contributed by atoms with van der Waals surface area (Å²) in [6, 6.07) is 10.9. The van der Waals surface area contributed by atoms with Crippen LogP contribution in [0, 0.1) is 13.8 Å². The molecule has 3 rings (SSSR count). The number of anilines is 1. The van der Waals surface area contributed by atoms with Gasteiger partial charge in [-0.1, -0.05) is 35.4 Å². The molecule has 0 atom stereocenters. The molecule has 0 aromatic heterocycles. The third kappa shape index (κ3) is 3.98. The van der Waals surface area contributed by atoms with Crippen LogP contribution < -0.4 is 4.90 Å². The van der Waals surface area contributed by atoms with Crippen molar-refractivity contribution in [3.05, 3.63) is 63.7 Å². The Kier molecular flexibility index (Phi) is 5.15. The predicted molar refractivity (Wildman–Crippen MR) is 115 cm³/mol. The van der Waals surface area contributed by atoms with E-state index in [9.17, 15) is 13.2 Å². The molecule has 0 N–H and O–H groups in total. The Labute approximate surface area is 171 Å². The topological polar surface area (TPSA) is 66.8 Å². The molecule has 1 heterocycles. The van der Waals surface area contributed by atoms with E-state index in [1.54, 1.807) is 32.0 Å². The first-order chi connectivity index (χ1) is 12.9. The lowest BCUT2D eigenvalue weighted by Crippen LogP contribution is -2.36. The van der Waals surface area contributed by atoms with Gasteiger partial charge < -0.3 is 0 Å². The second kappa shape index (κ2) is 7.01. The van der Waals surface area contributed by atoms with Gasteiger partial charge in [0.25, 0.3) is 5.91 Å². The Morgan fingerprint density at radius 1 is 1.14 bits per heavy atom. The molecule has 28 heavy (non-hydrogen) atoms. The number of sulfone groups is 1. The van der Waals surface area contributed by atoms with Gasteiger partial charge in [-0.05, 0) is 51.5 Å². The fourth-order valence-electron chi connectivity index (χ4n) is 3.60. The van der Waals surface area contributed by atoms with Crippen molar-refractivity contribution in [1.82, 2.24) is 0 Å². The first-order valence-electron chi connectivity index (χ1n) is 8.88. The second-order valence-corrected chi connectivity index (χ2v) is 10.5. The summed E-state index contributed by atoms with van der Waals surface area (Å²) >= 11 is 6.43. The van der Waals surface area contributed by atoms with Gasteiger partial charge >= 0.3 is 0 Å². The highest BCUT2D eigenvalue weighted by atomic mass is 35.5. The first kappa shape index (κ1) is 20.6. The van der Waals surface area contributed by atoms with E-state index in [1.165, 1.54) is 11.2 Å². The Bertz CT molecular complexity index is 1100. The molecule has 148 valence electrons. The number of carbonyl (C=O) groups is 1. The number of amides is 1. The van der Waals surface area contributed by atoms with Gasteiger partial charge in [0.05, 0.1) is 27.6 Å². The third-order valence-electron chi connectivity index (χ3n) is 4.50. The van der Waals surface area contributed by atoms with Crippen molar-refractivity contribution in [3.8, 4) is 0 Å². The van der Waals surface area contributed by atoms with Crippen LogP contribution >= 0.6 is 11.6 Å². The van der Waals surface area contributed by atoms with Crippen LogP contribution in [-0.4, -0.2) is 37.7 Å². The Hall–Kier alpha value is -2.18. The van der Waals surface area contributed by atoms with Crippen LogP contribution in [0.3, 0.4) is 0 Å². The lowest BCUT2D eigenvalue weighted by molar-refractivity contribution is 0.101. The normalized spacial score (nSPS) is 16.0. The highest BCUT2D eigenvalue weighted by Crippen LogP contribution is 2.36. The van der Waals surface area contributed by atoms with Crippen molar-refractivity contribution in [2.75, 3.05) is 16.9 Å². The van der Waals surface area contributed by atoms with Crippen molar-refractivity contribution in [2.24, 2.45) is 4.99 Å². The maximum Gasteiger partial charge on any atom is 0.264 e. The number of benzene rings is 2. The lowest BCUT2D eigenvalue weighted by Gasteiger charge is -2.25. The van der Waals surface area contributed by atoms with Gasteiger partial charge in [0.1, 0.15) is 15.7 Å². The smallest absolute Gasteiger partial charge is 0.264 e. The molecule has 1 aliphatic heterocycles. The number of amidine groups is 1. The Morgan fingerprint density at radius 3 is 2.43 bits per heavy atom. The second-order valence-electron chi connectivity index (χ2n) is 7.91.